The fourth-order valence-electron chi connectivity index (χ4n) is 3.21. The Bertz CT molecular complexity index is 883. The summed E-state index contributed by atoms with van der Waals surface area (Å²) >= 11 is 0. The molecule has 2 aromatic rings. The van der Waals surface area contributed by atoms with Crippen LogP contribution in [-0.2, 0) is 19.0 Å². The normalized spacial score (nSPS) is 14.2. The third-order valence-electron chi connectivity index (χ3n) is 4.97. The number of hydrogen-bond donors (Lipinski definition) is 1. The van der Waals surface area contributed by atoms with Gasteiger partial charge in [-0.05, 0) is 30.2 Å². The van der Waals surface area contributed by atoms with Gasteiger partial charge in [-0.2, -0.15) is 5.10 Å². The lowest BCUT2D eigenvalue weighted by Gasteiger charge is -2.27. The first-order chi connectivity index (χ1) is 13.7. The van der Waals surface area contributed by atoms with Crippen molar-refractivity contribution in [1.82, 2.24) is 25.1 Å². The van der Waals surface area contributed by atoms with Crippen LogP contribution in [0.2, 0.25) is 0 Å². The molecule has 1 aromatic heterocycles. The molecule has 1 aromatic carbocycles. The van der Waals surface area contributed by atoms with E-state index in [2.05, 4.69) is 31.2 Å². The zero-order valence-corrected chi connectivity index (χ0v) is 17.7. The van der Waals surface area contributed by atoms with Gasteiger partial charge < -0.3 is 10.1 Å². The van der Waals surface area contributed by atoms with E-state index in [4.69, 9.17) is 4.74 Å². The van der Waals surface area contributed by atoms with Crippen molar-refractivity contribution in [2.24, 2.45) is 7.05 Å². The predicted molar refractivity (Wildman–Crippen MR) is 109 cm³/mol. The molecule has 8 heteroatoms. The number of hydrazine groups is 1. The number of nitrogens with one attached hydrogen (secondary N) is 1. The first-order valence-corrected chi connectivity index (χ1v) is 9.75. The number of benzene rings is 1. The van der Waals surface area contributed by atoms with Crippen molar-refractivity contribution in [3.63, 3.8) is 0 Å². The molecule has 8 nitrogen and oxygen atoms in total. The van der Waals surface area contributed by atoms with Crippen molar-refractivity contribution < 1.29 is 14.3 Å². The lowest BCUT2D eigenvalue weighted by molar-refractivity contribution is 0.0365. The minimum atomic E-state index is -0.287. The number of aromatic nitrogens is 2. The third-order valence-corrected chi connectivity index (χ3v) is 4.97. The summed E-state index contributed by atoms with van der Waals surface area (Å²) < 4.78 is 6.74. The molecule has 0 spiro atoms. The number of ether oxygens (including phenoxy) is 1. The van der Waals surface area contributed by atoms with E-state index in [1.807, 2.05) is 30.3 Å². The zero-order chi connectivity index (χ0) is 21.2. The van der Waals surface area contributed by atoms with Gasteiger partial charge >= 0.3 is 6.03 Å². The maximum Gasteiger partial charge on any atom is 0.336 e. The first-order valence-electron chi connectivity index (χ1n) is 9.75. The number of rotatable bonds is 4. The van der Waals surface area contributed by atoms with Gasteiger partial charge in [0.25, 0.3) is 5.91 Å². The Hall–Kier alpha value is -3.03. The summed E-state index contributed by atoms with van der Waals surface area (Å²) in [6.07, 6.45) is 0.742. The van der Waals surface area contributed by atoms with E-state index in [9.17, 15) is 9.59 Å². The molecule has 0 unspecified atom stereocenters. The van der Waals surface area contributed by atoms with E-state index >= 15 is 0 Å². The summed E-state index contributed by atoms with van der Waals surface area (Å²) in [5.74, 6) is 0.551. The van der Waals surface area contributed by atoms with Crippen molar-refractivity contribution in [1.29, 1.82) is 0 Å². The van der Waals surface area contributed by atoms with Crippen LogP contribution in [0.5, 0.6) is 5.75 Å². The molecule has 156 valence electrons. The third kappa shape index (κ3) is 4.52. The first kappa shape index (κ1) is 20.7. The van der Waals surface area contributed by atoms with Crippen LogP contribution < -0.4 is 10.1 Å². The summed E-state index contributed by atoms with van der Waals surface area (Å²) in [4.78, 5) is 25.8. The molecule has 3 amide bonds. The standard InChI is InChI=1S/C21H29N5O3/c1-21(2,3)18-13-17(24(4)23-18)19(27)25-11-6-12-26(25)20(28)22-14-15-7-9-16(29-5)10-8-15/h7-10,13H,6,11-12,14H2,1-5H3,(H,22,28). The van der Waals surface area contributed by atoms with Crippen LogP contribution in [0.4, 0.5) is 4.79 Å². The highest BCUT2D eigenvalue weighted by molar-refractivity contribution is 5.94. The summed E-state index contributed by atoms with van der Waals surface area (Å²) in [6.45, 7) is 7.55. The largest absolute Gasteiger partial charge is 0.497 e. The molecule has 0 atom stereocenters. The van der Waals surface area contributed by atoms with Crippen LogP contribution in [0.1, 0.15) is 48.9 Å². The topological polar surface area (TPSA) is 79.7 Å². The van der Waals surface area contributed by atoms with Crippen LogP contribution in [0.3, 0.4) is 0 Å². The van der Waals surface area contributed by atoms with Crippen LogP contribution >= 0.6 is 0 Å². The van der Waals surface area contributed by atoms with Gasteiger partial charge in [0.05, 0.1) is 12.8 Å². The number of carbonyl (C=O) groups is 2. The van der Waals surface area contributed by atoms with Crippen molar-refractivity contribution in [2.45, 2.75) is 39.2 Å². The maximum absolute atomic E-state index is 13.1. The van der Waals surface area contributed by atoms with E-state index in [0.29, 0.717) is 25.3 Å². The lowest BCUT2D eigenvalue weighted by Crippen LogP contribution is -2.49. The molecule has 1 fully saturated rings. The summed E-state index contributed by atoms with van der Waals surface area (Å²) in [5, 5.41) is 10.4. The van der Waals surface area contributed by atoms with Crippen LogP contribution in [-0.4, -0.2) is 51.9 Å². The number of methoxy groups -OCH3 is 1. The number of hydrogen-bond acceptors (Lipinski definition) is 4. The van der Waals surface area contributed by atoms with Crippen LogP contribution in [0.25, 0.3) is 0 Å². The Morgan fingerprint density at radius 1 is 1.14 bits per heavy atom. The van der Waals surface area contributed by atoms with Gasteiger partial charge in [0, 0.05) is 32.1 Å². The number of nitrogens with zero attached hydrogens (tertiary/aromatic N) is 4. The van der Waals surface area contributed by atoms with E-state index < -0.39 is 0 Å². The summed E-state index contributed by atoms with van der Waals surface area (Å²) in [7, 11) is 3.37. The molecular formula is C21H29N5O3. The quantitative estimate of drug-likeness (QED) is 0.857. The van der Waals surface area contributed by atoms with Gasteiger partial charge in [-0.25, -0.2) is 14.8 Å². The SMILES string of the molecule is COc1ccc(CNC(=O)N2CCCN2C(=O)c2cc(C(C)(C)C)nn2C)cc1. The highest BCUT2D eigenvalue weighted by Crippen LogP contribution is 2.23. The van der Waals surface area contributed by atoms with Gasteiger partial charge in [0.15, 0.2) is 0 Å². The average Bonchev–Trinajstić information content (AvgIpc) is 3.32. The molecule has 0 bridgehead atoms. The Labute approximate surface area is 171 Å². The van der Waals surface area contributed by atoms with Crippen molar-refractivity contribution in [2.75, 3.05) is 20.2 Å². The second-order valence-corrected chi connectivity index (χ2v) is 8.20. The number of amides is 3. The fourth-order valence-corrected chi connectivity index (χ4v) is 3.21. The molecule has 1 aliphatic heterocycles. The van der Waals surface area contributed by atoms with Crippen LogP contribution in [0, 0.1) is 0 Å². The second-order valence-electron chi connectivity index (χ2n) is 8.20. The van der Waals surface area contributed by atoms with E-state index in [-0.39, 0.29) is 17.4 Å². The number of aryl methyl sites for hydroxylation is 1. The van der Waals surface area contributed by atoms with Crippen LogP contribution in [0.15, 0.2) is 30.3 Å². The molecular weight excluding hydrogens is 370 g/mol. The molecule has 0 saturated carbocycles. The van der Waals surface area contributed by atoms with Gasteiger partial charge in [-0.15, -0.1) is 0 Å². The Balaban J connectivity index is 1.68. The van der Waals surface area contributed by atoms with Crippen molar-refractivity contribution in [3.05, 3.63) is 47.3 Å². The Kier molecular flexibility index (Phi) is 5.81. The Morgan fingerprint density at radius 2 is 1.79 bits per heavy atom. The smallest absolute Gasteiger partial charge is 0.336 e. The molecule has 3 rings (SSSR count). The van der Waals surface area contributed by atoms with Gasteiger partial charge in [0.2, 0.25) is 0 Å². The monoisotopic (exact) mass is 399 g/mol. The molecule has 2 heterocycles. The molecule has 0 aliphatic carbocycles. The molecule has 29 heavy (non-hydrogen) atoms. The van der Waals surface area contributed by atoms with Gasteiger partial charge in [0.1, 0.15) is 11.4 Å². The zero-order valence-electron chi connectivity index (χ0n) is 17.7. The van der Waals surface area contributed by atoms with Gasteiger partial charge in [-0.3, -0.25) is 9.48 Å². The molecule has 1 saturated heterocycles. The minimum Gasteiger partial charge on any atom is -0.497 e. The summed E-state index contributed by atoms with van der Waals surface area (Å²) in [5.41, 5.74) is 2.12. The maximum atomic E-state index is 13.1. The lowest BCUT2D eigenvalue weighted by atomic mass is 9.92. The van der Waals surface area contributed by atoms with Gasteiger partial charge in [-0.1, -0.05) is 32.9 Å². The molecule has 0 radical (unpaired) electrons. The Morgan fingerprint density at radius 3 is 2.38 bits per heavy atom. The van der Waals surface area contributed by atoms with Crippen molar-refractivity contribution in [3.8, 4) is 5.75 Å². The number of carbonyl (C=O) groups excluding carboxylic acids is 2. The second kappa shape index (κ2) is 8.14. The van der Waals surface area contributed by atoms with E-state index in [0.717, 1.165) is 23.4 Å². The number of urea groups is 1. The van der Waals surface area contributed by atoms with E-state index in [1.54, 1.807) is 18.8 Å². The summed E-state index contributed by atoms with van der Waals surface area (Å²) in [6, 6.07) is 9.02. The highest BCUT2D eigenvalue weighted by atomic mass is 16.5. The van der Waals surface area contributed by atoms with E-state index in [1.165, 1.54) is 10.0 Å². The molecule has 1 aliphatic rings. The average molecular weight is 399 g/mol. The fraction of sp³-hybridized carbons (Fsp3) is 0.476. The highest BCUT2D eigenvalue weighted by Gasteiger charge is 2.33. The molecule has 1 N–H and O–H groups in total. The predicted octanol–water partition coefficient (Wildman–Crippen LogP) is 2.70. The minimum absolute atomic E-state index is 0.156. The van der Waals surface area contributed by atoms with Crippen molar-refractivity contribution >= 4 is 11.9 Å².